The lowest BCUT2D eigenvalue weighted by Gasteiger charge is -2.35. The first-order chi connectivity index (χ1) is 12.8. The van der Waals surface area contributed by atoms with Crippen LogP contribution < -0.4 is 16.8 Å². The molecule has 5 N–H and O–H groups in total. The molecule has 1 saturated heterocycles. The zero-order chi connectivity index (χ0) is 19.6. The number of carbonyl (C=O) groups excluding carboxylic acids is 2. The molecule has 1 aliphatic heterocycles. The standard InChI is InChI=1S/C18H22N6O3/c1-10-8-24(9-11(2)27-10)17(25)14-7-15(19)23-16(22-14)12-3-5-13(6-4-12)21-18(20)26/h3-7,10-11H,8-9H2,1-2H3,(H2,19,22,23)(H3,20,21,26)/t10-,11+. The highest BCUT2D eigenvalue weighted by Crippen LogP contribution is 2.21. The van der Waals surface area contributed by atoms with Gasteiger partial charge >= 0.3 is 6.03 Å². The number of hydrogen-bond donors (Lipinski definition) is 3. The van der Waals surface area contributed by atoms with Crippen LogP contribution in [0.15, 0.2) is 30.3 Å². The van der Waals surface area contributed by atoms with Crippen LogP contribution in [0, 0.1) is 0 Å². The van der Waals surface area contributed by atoms with Gasteiger partial charge in [0.15, 0.2) is 5.82 Å². The molecule has 3 rings (SSSR count). The van der Waals surface area contributed by atoms with Gasteiger partial charge in [0.1, 0.15) is 11.5 Å². The molecular weight excluding hydrogens is 348 g/mol. The number of urea groups is 1. The Morgan fingerprint density at radius 1 is 1.15 bits per heavy atom. The number of benzene rings is 1. The molecule has 0 unspecified atom stereocenters. The second-order valence-corrected chi connectivity index (χ2v) is 6.54. The van der Waals surface area contributed by atoms with Crippen molar-refractivity contribution in [2.75, 3.05) is 24.1 Å². The Bertz CT molecular complexity index is 845. The molecule has 1 aromatic heterocycles. The molecule has 0 aliphatic carbocycles. The minimum atomic E-state index is -0.648. The average Bonchev–Trinajstić information content (AvgIpc) is 2.60. The number of aromatic nitrogens is 2. The third-order valence-electron chi connectivity index (χ3n) is 4.08. The van der Waals surface area contributed by atoms with E-state index in [-0.39, 0.29) is 29.6 Å². The molecule has 2 heterocycles. The molecule has 2 atom stereocenters. The fourth-order valence-electron chi connectivity index (χ4n) is 3.06. The molecule has 142 valence electrons. The maximum absolute atomic E-state index is 12.9. The Balaban J connectivity index is 1.85. The topological polar surface area (TPSA) is 136 Å². The van der Waals surface area contributed by atoms with Crippen molar-refractivity contribution in [1.29, 1.82) is 0 Å². The zero-order valence-electron chi connectivity index (χ0n) is 15.2. The van der Waals surface area contributed by atoms with Crippen LogP contribution in [0.5, 0.6) is 0 Å². The molecule has 0 bridgehead atoms. The zero-order valence-corrected chi connectivity index (χ0v) is 15.2. The highest BCUT2D eigenvalue weighted by atomic mass is 16.5. The van der Waals surface area contributed by atoms with Crippen LogP contribution in [-0.2, 0) is 4.74 Å². The summed E-state index contributed by atoms with van der Waals surface area (Å²) in [6, 6.07) is 7.59. The predicted octanol–water partition coefficient (Wildman–Crippen LogP) is 1.47. The number of nitrogens with one attached hydrogen (secondary N) is 1. The number of nitrogens with zero attached hydrogens (tertiary/aromatic N) is 3. The van der Waals surface area contributed by atoms with Crippen LogP contribution in [0.4, 0.5) is 16.3 Å². The smallest absolute Gasteiger partial charge is 0.316 e. The molecule has 9 nitrogen and oxygen atoms in total. The van der Waals surface area contributed by atoms with E-state index in [4.69, 9.17) is 16.2 Å². The number of ether oxygens (including phenoxy) is 1. The van der Waals surface area contributed by atoms with Gasteiger partial charge in [0.2, 0.25) is 0 Å². The second kappa shape index (κ2) is 7.58. The van der Waals surface area contributed by atoms with E-state index in [2.05, 4.69) is 15.3 Å². The molecule has 2 aromatic rings. The first-order valence-corrected chi connectivity index (χ1v) is 8.58. The van der Waals surface area contributed by atoms with Gasteiger partial charge in [-0.2, -0.15) is 0 Å². The maximum Gasteiger partial charge on any atom is 0.316 e. The van der Waals surface area contributed by atoms with Crippen molar-refractivity contribution in [3.8, 4) is 11.4 Å². The first-order valence-electron chi connectivity index (χ1n) is 8.58. The minimum absolute atomic E-state index is 0.0401. The van der Waals surface area contributed by atoms with E-state index in [9.17, 15) is 9.59 Å². The van der Waals surface area contributed by atoms with Gasteiger partial charge in [-0.3, -0.25) is 4.79 Å². The SMILES string of the molecule is C[C@@H]1CN(C(=O)c2cc(N)nc(-c3ccc(NC(N)=O)cc3)n2)C[C@H](C)O1. The molecule has 0 spiro atoms. The summed E-state index contributed by atoms with van der Waals surface area (Å²) in [5.74, 6) is 0.328. The monoisotopic (exact) mass is 370 g/mol. The molecule has 27 heavy (non-hydrogen) atoms. The number of primary amides is 1. The van der Waals surface area contributed by atoms with E-state index >= 15 is 0 Å². The van der Waals surface area contributed by atoms with Crippen molar-refractivity contribution < 1.29 is 14.3 Å². The summed E-state index contributed by atoms with van der Waals surface area (Å²) in [4.78, 5) is 34.1. The van der Waals surface area contributed by atoms with Crippen molar-refractivity contribution in [2.24, 2.45) is 5.73 Å². The van der Waals surface area contributed by atoms with Gasteiger partial charge in [0, 0.05) is 30.4 Å². The van der Waals surface area contributed by atoms with E-state index in [0.717, 1.165) is 0 Å². The lowest BCUT2D eigenvalue weighted by molar-refractivity contribution is -0.0587. The van der Waals surface area contributed by atoms with Crippen LogP contribution in [0.2, 0.25) is 0 Å². The van der Waals surface area contributed by atoms with Gasteiger partial charge < -0.3 is 26.4 Å². The normalized spacial score (nSPS) is 19.6. The Morgan fingerprint density at radius 2 is 1.78 bits per heavy atom. The number of nitrogens with two attached hydrogens (primary N) is 2. The lowest BCUT2D eigenvalue weighted by atomic mass is 10.1. The van der Waals surface area contributed by atoms with E-state index in [1.54, 1.807) is 29.2 Å². The molecule has 1 aliphatic rings. The third-order valence-corrected chi connectivity index (χ3v) is 4.08. The largest absolute Gasteiger partial charge is 0.384 e. The van der Waals surface area contributed by atoms with Gasteiger partial charge in [-0.15, -0.1) is 0 Å². The maximum atomic E-state index is 12.9. The van der Waals surface area contributed by atoms with Crippen molar-refractivity contribution in [2.45, 2.75) is 26.1 Å². The van der Waals surface area contributed by atoms with Crippen LogP contribution in [0.25, 0.3) is 11.4 Å². The summed E-state index contributed by atoms with van der Waals surface area (Å²) < 4.78 is 5.67. The van der Waals surface area contributed by atoms with Gasteiger partial charge in [-0.05, 0) is 38.1 Å². The molecule has 1 aromatic carbocycles. The predicted molar refractivity (Wildman–Crippen MR) is 101 cm³/mol. The summed E-state index contributed by atoms with van der Waals surface area (Å²) in [6.07, 6.45) is -0.0803. The quantitative estimate of drug-likeness (QED) is 0.748. The third kappa shape index (κ3) is 4.50. The Kier molecular flexibility index (Phi) is 5.22. The summed E-state index contributed by atoms with van der Waals surface area (Å²) in [6.45, 7) is 4.85. The number of nitrogen functional groups attached to an aromatic ring is 1. The van der Waals surface area contributed by atoms with Crippen molar-refractivity contribution in [3.63, 3.8) is 0 Å². The first kappa shape index (κ1) is 18.6. The summed E-state index contributed by atoms with van der Waals surface area (Å²) in [5, 5.41) is 2.48. The van der Waals surface area contributed by atoms with Gasteiger partial charge in [0.05, 0.1) is 12.2 Å². The van der Waals surface area contributed by atoms with Crippen LogP contribution >= 0.6 is 0 Å². The Morgan fingerprint density at radius 3 is 2.37 bits per heavy atom. The summed E-state index contributed by atoms with van der Waals surface area (Å²) in [7, 11) is 0. The van der Waals surface area contributed by atoms with Gasteiger partial charge in [-0.25, -0.2) is 14.8 Å². The Labute approximate surface area is 156 Å². The van der Waals surface area contributed by atoms with Gasteiger partial charge in [0.25, 0.3) is 5.91 Å². The number of anilines is 2. The van der Waals surface area contributed by atoms with Crippen LogP contribution in [0.1, 0.15) is 24.3 Å². The van der Waals surface area contributed by atoms with Crippen molar-refractivity contribution in [3.05, 3.63) is 36.0 Å². The number of hydrogen-bond acceptors (Lipinski definition) is 6. The lowest BCUT2D eigenvalue weighted by Crippen LogP contribution is -2.48. The number of carbonyl (C=O) groups is 2. The summed E-state index contributed by atoms with van der Waals surface area (Å²) >= 11 is 0. The van der Waals surface area contributed by atoms with Gasteiger partial charge in [-0.1, -0.05) is 0 Å². The van der Waals surface area contributed by atoms with Crippen LogP contribution in [0.3, 0.4) is 0 Å². The number of amides is 3. The number of morpholine rings is 1. The fourth-order valence-corrected chi connectivity index (χ4v) is 3.06. The highest BCUT2D eigenvalue weighted by molar-refractivity contribution is 5.93. The van der Waals surface area contributed by atoms with E-state index in [1.165, 1.54) is 6.07 Å². The van der Waals surface area contributed by atoms with E-state index in [0.29, 0.717) is 30.2 Å². The van der Waals surface area contributed by atoms with Crippen molar-refractivity contribution >= 4 is 23.4 Å². The molecule has 0 saturated carbocycles. The van der Waals surface area contributed by atoms with E-state index in [1.807, 2.05) is 13.8 Å². The molecule has 0 radical (unpaired) electrons. The highest BCUT2D eigenvalue weighted by Gasteiger charge is 2.27. The molecule has 9 heteroatoms. The average molecular weight is 370 g/mol. The van der Waals surface area contributed by atoms with Crippen molar-refractivity contribution in [1.82, 2.24) is 14.9 Å². The Hall–Kier alpha value is -3.20. The van der Waals surface area contributed by atoms with Crippen LogP contribution in [-0.4, -0.2) is 52.1 Å². The molecule has 3 amide bonds. The fraction of sp³-hybridized carbons (Fsp3) is 0.333. The number of rotatable bonds is 3. The molecule has 1 fully saturated rings. The molecular formula is C18H22N6O3. The summed E-state index contributed by atoms with van der Waals surface area (Å²) in [5.41, 5.74) is 12.4. The second-order valence-electron chi connectivity index (χ2n) is 6.54. The minimum Gasteiger partial charge on any atom is -0.384 e. The van der Waals surface area contributed by atoms with E-state index < -0.39 is 6.03 Å².